The molecule has 1 fully saturated rings. The van der Waals surface area contributed by atoms with Gasteiger partial charge in [0.15, 0.2) is 0 Å². The monoisotopic (exact) mass is 376 g/mol. The minimum absolute atomic E-state index is 4.57. The lowest BCUT2D eigenvalue weighted by atomic mass is 9.62. The molecular weight excluding hydrogens is 375 g/mol. The molecule has 0 atom stereocenters. The Bertz CT molecular complexity index is 501. The number of hydrogen-bond donors (Lipinski definition) is 1. The molecule has 1 rings (SSSR count). The van der Waals surface area contributed by atoms with E-state index in [2.05, 4.69) is 0 Å². The Labute approximate surface area is 115 Å². The van der Waals surface area contributed by atoms with Crippen LogP contribution in [0.3, 0.4) is 0 Å². The van der Waals surface area contributed by atoms with Crippen LogP contribution in [0.2, 0.25) is 0 Å². The highest BCUT2D eigenvalue weighted by Gasteiger charge is 3.06. The summed E-state index contributed by atoms with van der Waals surface area (Å²) in [5.74, 6) is -43.4. The van der Waals surface area contributed by atoms with Gasteiger partial charge in [-0.3, -0.25) is 4.79 Å². The Kier molecular flexibility index (Phi) is 3.53. The Morgan fingerprint density at radius 3 is 1.00 bits per heavy atom. The highest BCUT2D eigenvalue weighted by molar-refractivity contribution is 5.80. The van der Waals surface area contributed by atoms with Gasteiger partial charge in [0.1, 0.15) is 0 Å². The van der Waals surface area contributed by atoms with E-state index in [0.717, 1.165) is 0 Å². The minimum atomic E-state index is -7.82. The Morgan fingerprint density at radius 2 is 0.826 bits per heavy atom. The molecule has 1 N–H and O–H groups in total. The summed E-state index contributed by atoms with van der Waals surface area (Å²) >= 11 is 0. The number of halogens is 13. The molecule has 23 heavy (non-hydrogen) atoms. The minimum Gasteiger partial charge on any atom is -0.480 e. The van der Waals surface area contributed by atoms with Gasteiger partial charge in [-0.15, -0.1) is 0 Å². The molecule has 0 unspecified atom stereocenters. The van der Waals surface area contributed by atoms with Crippen LogP contribution in [0.15, 0.2) is 0 Å². The first kappa shape index (κ1) is 19.6. The Morgan fingerprint density at radius 1 is 0.609 bits per heavy atom. The maximum atomic E-state index is 13.2. The summed E-state index contributed by atoms with van der Waals surface area (Å²) in [6.07, 6.45) is -7.66. The molecule has 0 heterocycles. The third-order valence-corrected chi connectivity index (χ3v) is 3.27. The highest BCUT2D eigenvalue weighted by atomic mass is 19.4. The van der Waals surface area contributed by atoms with Gasteiger partial charge in [-0.2, -0.15) is 57.1 Å². The summed E-state index contributed by atoms with van der Waals surface area (Å²) in [5.41, 5.74) is -7.50. The number of carboxylic acid groups (broad SMARTS) is 1. The number of hydrogen-bond acceptors (Lipinski definition) is 1. The fourth-order valence-electron chi connectivity index (χ4n) is 2.01. The first-order chi connectivity index (χ1) is 9.69. The van der Waals surface area contributed by atoms with Crippen LogP contribution in [0.1, 0.15) is 0 Å². The van der Waals surface area contributed by atoms with Gasteiger partial charge < -0.3 is 5.11 Å². The SMILES string of the molecule is O=C(O)C1(C(F)(F)F)C(F)(F)C(F)(F)C(F)(F)C(F)(F)C1(F)F. The lowest BCUT2D eigenvalue weighted by Crippen LogP contribution is -2.86. The third-order valence-electron chi connectivity index (χ3n) is 3.27. The fourth-order valence-corrected chi connectivity index (χ4v) is 2.01. The lowest BCUT2D eigenvalue weighted by Gasteiger charge is -2.54. The van der Waals surface area contributed by atoms with Gasteiger partial charge >= 0.3 is 47.2 Å². The molecule has 0 aromatic heterocycles. The Hall–Kier alpha value is -1.44. The molecule has 0 bridgehead atoms. The second-order valence-corrected chi connectivity index (χ2v) is 4.42. The van der Waals surface area contributed by atoms with Gasteiger partial charge in [-0.1, -0.05) is 0 Å². The Balaban J connectivity index is 4.16. The van der Waals surface area contributed by atoms with Crippen LogP contribution in [-0.2, 0) is 4.79 Å². The highest BCUT2D eigenvalue weighted by Crippen LogP contribution is 2.74. The van der Waals surface area contributed by atoms with Crippen LogP contribution in [0, 0.1) is 5.41 Å². The molecule has 0 aromatic carbocycles. The van der Waals surface area contributed by atoms with E-state index in [9.17, 15) is 61.9 Å². The van der Waals surface area contributed by atoms with E-state index < -0.39 is 47.2 Å². The average Bonchev–Trinajstić information content (AvgIpc) is 2.23. The molecule has 0 saturated heterocycles. The molecule has 1 aliphatic carbocycles. The van der Waals surface area contributed by atoms with Crippen molar-refractivity contribution in [3.63, 3.8) is 0 Å². The first-order valence-corrected chi connectivity index (χ1v) is 4.88. The van der Waals surface area contributed by atoms with Crippen LogP contribution >= 0.6 is 0 Å². The summed E-state index contributed by atoms with van der Waals surface area (Å²) in [5, 5.41) is 8.04. The number of aliphatic carboxylic acids is 1. The number of rotatable bonds is 1. The second-order valence-electron chi connectivity index (χ2n) is 4.42. The van der Waals surface area contributed by atoms with E-state index in [4.69, 9.17) is 5.11 Å². The quantitative estimate of drug-likeness (QED) is 0.707. The van der Waals surface area contributed by atoms with Crippen molar-refractivity contribution in [2.45, 2.75) is 35.8 Å². The van der Waals surface area contributed by atoms with Crippen molar-refractivity contribution in [1.82, 2.24) is 0 Å². The first-order valence-electron chi connectivity index (χ1n) is 4.88. The molecule has 0 spiro atoms. The number of carboxylic acids is 1. The molecule has 0 radical (unpaired) electrons. The molecular formula is C8HF13O2. The van der Waals surface area contributed by atoms with Crippen LogP contribution in [-0.4, -0.2) is 46.9 Å². The van der Waals surface area contributed by atoms with Crippen molar-refractivity contribution < 1.29 is 67.0 Å². The molecule has 136 valence electrons. The van der Waals surface area contributed by atoms with Gasteiger partial charge in [-0.05, 0) is 0 Å². The molecule has 0 amide bonds. The van der Waals surface area contributed by atoms with Crippen LogP contribution < -0.4 is 0 Å². The second kappa shape index (κ2) is 4.15. The van der Waals surface area contributed by atoms with Crippen molar-refractivity contribution in [1.29, 1.82) is 0 Å². The largest absolute Gasteiger partial charge is 0.480 e. The van der Waals surface area contributed by atoms with Crippen molar-refractivity contribution in [3.05, 3.63) is 0 Å². The van der Waals surface area contributed by atoms with Crippen LogP contribution in [0.4, 0.5) is 57.1 Å². The van der Waals surface area contributed by atoms with Crippen molar-refractivity contribution in [2.75, 3.05) is 0 Å². The van der Waals surface area contributed by atoms with Gasteiger partial charge in [0.2, 0.25) is 0 Å². The standard InChI is InChI=1S/C8HF13O2/c9-3(10)2(1(22)23,8(19,20)21)4(11,12)6(15,16)7(17,18)5(3,13)14/h(H,22,23). The zero-order valence-electron chi connectivity index (χ0n) is 9.77. The molecule has 1 aliphatic rings. The summed E-state index contributed by atoms with van der Waals surface area (Å²) < 4.78 is 168. The van der Waals surface area contributed by atoms with Crippen LogP contribution in [0.5, 0.6) is 0 Å². The van der Waals surface area contributed by atoms with E-state index in [1.54, 1.807) is 0 Å². The zero-order chi connectivity index (χ0) is 19.1. The molecule has 0 aromatic rings. The zero-order valence-corrected chi connectivity index (χ0v) is 9.77. The third kappa shape index (κ3) is 1.55. The maximum absolute atomic E-state index is 13.2. The number of alkyl halides is 13. The lowest BCUT2D eigenvalue weighted by molar-refractivity contribution is -0.510. The van der Waals surface area contributed by atoms with E-state index in [-0.39, 0.29) is 0 Å². The molecule has 2 nitrogen and oxygen atoms in total. The molecule has 1 saturated carbocycles. The van der Waals surface area contributed by atoms with E-state index in [1.807, 2.05) is 0 Å². The average molecular weight is 376 g/mol. The predicted molar refractivity (Wildman–Crippen MR) is 40.9 cm³/mol. The van der Waals surface area contributed by atoms with Crippen molar-refractivity contribution in [2.24, 2.45) is 5.41 Å². The van der Waals surface area contributed by atoms with E-state index in [1.165, 1.54) is 0 Å². The summed E-state index contributed by atoms with van der Waals surface area (Å²) in [7, 11) is 0. The normalized spacial score (nSPS) is 29.8. The molecule has 0 aliphatic heterocycles. The number of carbonyl (C=O) groups is 1. The van der Waals surface area contributed by atoms with E-state index >= 15 is 0 Å². The van der Waals surface area contributed by atoms with Gasteiger partial charge in [-0.25, -0.2) is 0 Å². The van der Waals surface area contributed by atoms with E-state index in [0.29, 0.717) is 0 Å². The summed E-state index contributed by atoms with van der Waals surface area (Å²) in [4.78, 5) is 10.3. The van der Waals surface area contributed by atoms with Gasteiger partial charge in [0, 0.05) is 0 Å². The van der Waals surface area contributed by atoms with Gasteiger partial charge in [0.25, 0.3) is 0 Å². The topological polar surface area (TPSA) is 37.3 Å². The van der Waals surface area contributed by atoms with Crippen molar-refractivity contribution in [3.8, 4) is 0 Å². The summed E-state index contributed by atoms with van der Waals surface area (Å²) in [6, 6.07) is 0. The fraction of sp³-hybridized carbons (Fsp3) is 0.875. The van der Waals surface area contributed by atoms with Gasteiger partial charge in [0.05, 0.1) is 0 Å². The maximum Gasteiger partial charge on any atom is 0.417 e. The smallest absolute Gasteiger partial charge is 0.417 e. The molecule has 15 heteroatoms. The van der Waals surface area contributed by atoms with Crippen LogP contribution in [0.25, 0.3) is 0 Å². The predicted octanol–water partition coefficient (Wildman–Crippen LogP) is 3.81. The summed E-state index contributed by atoms with van der Waals surface area (Å²) in [6.45, 7) is 0. The van der Waals surface area contributed by atoms with Crippen molar-refractivity contribution >= 4 is 5.97 Å².